The number of esters is 1. The molecule has 0 atom stereocenters. The monoisotopic (exact) mass is 478 g/mol. The fourth-order valence-electron chi connectivity index (χ4n) is 3.55. The molecule has 0 aromatic heterocycles. The second-order valence-corrected chi connectivity index (χ2v) is 7.64. The van der Waals surface area contributed by atoms with E-state index in [9.17, 15) is 18.0 Å². The third-order valence-electron chi connectivity index (χ3n) is 5.38. The first-order valence-corrected chi connectivity index (χ1v) is 10.8. The van der Waals surface area contributed by atoms with Crippen LogP contribution < -0.4 is 9.47 Å². The molecule has 0 amide bonds. The van der Waals surface area contributed by atoms with Crippen LogP contribution in [-0.2, 0) is 6.61 Å². The number of aliphatic hydroxyl groups excluding tert-OH is 1. The summed E-state index contributed by atoms with van der Waals surface area (Å²) in [6, 6.07) is 19.5. The highest BCUT2D eigenvalue weighted by atomic mass is 19.2. The Balaban J connectivity index is 1.50. The second kappa shape index (κ2) is 10.4. The number of halogens is 3. The van der Waals surface area contributed by atoms with E-state index in [-0.39, 0.29) is 23.7 Å². The number of hydrogen-bond acceptors (Lipinski definition) is 4. The summed E-state index contributed by atoms with van der Waals surface area (Å²) in [7, 11) is 0. The Morgan fingerprint density at radius 2 is 1.46 bits per heavy atom. The zero-order chi connectivity index (χ0) is 24.9. The molecule has 0 spiro atoms. The maximum atomic E-state index is 14.7. The van der Waals surface area contributed by atoms with Gasteiger partial charge < -0.3 is 14.6 Å². The molecule has 4 aromatic rings. The van der Waals surface area contributed by atoms with E-state index >= 15 is 0 Å². The molecule has 0 aliphatic carbocycles. The molecular weight excluding hydrogens is 457 g/mol. The van der Waals surface area contributed by atoms with Crippen LogP contribution in [0.3, 0.4) is 0 Å². The van der Waals surface area contributed by atoms with Gasteiger partial charge in [0.1, 0.15) is 5.75 Å². The Morgan fingerprint density at radius 1 is 0.800 bits per heavy atom. The minimum Gasteiger partial charge on any atom is -0.491 e. The van der Waals surface area contributed by atoms with E-state index < -0.39 is 29.0 Å². The molecule has 0 heterocycles. The van der Waals surface area contributed by atoms with Crippen LogP contribution in [-0.4, -0.2) is 17.7 Å². The van der Waals surface area contributed by atoms with Crippen molar-refractivity contribution in [1.82, 2.24) is 0 Å². The zero-order valence-electron chi connectivity index (χ0n) is 18.7. The van der Waals surface area contributed by atoms with Gasteiger partial charge in [0.2, 0.25) is 0 Å². The molecule has 7 heteroatoms. The van der Waals surface area contributed by atoms with Crippen molar-refractivity contribution in [2.24, 2.45) is 0 Å². The molecule has 0 aliphatic heterocycles. The molecule has 178 valence electrons. The maximum Gasteiger partial charge on any atom is 0.346 e. The minimum absolute atomic E-state index is 0.0181. The van der Waals surface area contributed by atoms with E-state index in [2.05, 4.69) is 0 Å². The Labute approximate surface area is 200 Å². The number of aliphatic hydroxyl groups is 1. The highest BCUT2D eigenvalue weighted by Gasteiger charge is 2.21. The standard InChI is InChI=1S/C28H21F3O4/c1-2-34-25-14-9-20(15-24(25)29)18-7-10-21(11-8-18)35-28(33)23-13-12-22(26(30)27(23)31)19-5-3-17(16-32)4-6-19/h3-15,32H,2,16H2,1H3. The van der Waals surface area contributed by atoms with Gasteiger partial charge in [0.25, 0.3) is 0 Å². The lowest BCUT2D eigenvalue weighted by Crippen LogP contribution is -2.12. The Bertz CT molecular complexity index is 1350. The summed E-state index contributed by atoms with van der Waals surface area (Å²) in [4.78, 5) is 12.5. The average molecular weight is 478 g/mol. The molecule has 1 N–H and O–H groups in total. The van der Waals surface area contributed by atoms with Gasteiger partial charge >= 0.3 is 5.97 Å². The van der Waals surface area contributed by atoms with Crippen LogP contribution in [0.1, 0.15) is 22.8 Å². The predicted molar refractivity (Wildman–Crippen MR) is 126 cm³/mol. The highest BCUT2D eigenvalue weighted by Crippen LogP contribution is 2.29. The van der Waals surface area contributed by atoms with Gasteiger partial charge in [0.15, 0.2) is 23.2 Å². The normalized spacial score (nSPS) is 10.8. The lowest BCUT2D eigenvalue weighted by Gasteiger charge is -2.10. The Kier molecular flexibility index (Phi) is 7.17. The third-order valence-corrected chi connectivity index (χ3v) is 5.38. The molecular formula is C28H21F3O4. The van der Waals surface area contributed by atoms with Crippen LogP contribution in [0.4, 0.5) is 13.2 Å². The van der Waals surface area contributed by atoms with E-state index in [4.69, 9.17) is 14.6 Å². The predicted octanol–water partition coefficient (Wildman–Crippen LogP) is 6.55. The van der Waals surface area contributed by atoms with Gasteiger partial charge in [0.05, 0.1) is 18.8 Å². The van der Waals surface area contributed by atoms with Gasteiger partial charge in [-0.1, -0.05) is 48.5 Å². The van der Waals surface area contributed by atoms with Gasteiger partial charge in [-0.3, -0.25) is 0 Å². The van der Waals surface area contributed by atoms with Crippen molar-refractivity contribution in [1.29, 1.82) is 0 Å². The first-order valence-electron chi connectivity index (χ1n) is 10.8. The highest BCUT2D eigenvalue weighted by molar-refractivity contribution is 5.92. The SMILES string of the molecule is CCOc1ccc(-c2ccc(OC(=O)c3ccc(-c4ccc(CO)cc4)c(F)c3F)cc2)cc1F. The maximum absolute atomic E-state index is 14.7. The van der Waals surface area contributed by atoms with Crippen LogP contribution in [0, 0.1) is 17.5 Å². The van der Waals surface area contributed by atoms with Gasteiger partial charge in [0, 0.05) is 5.56 Å². The number of carbonyl (C=O) groups excluding carboxylic acids is 1. The van der Waals surface area contributed by atoms with Crippen molar-refractivity contribution < 1.29 is 32.5 Å². The second-order valence-electron chi connectivity index (χ2n) is 7.64. The Hall–Kier alpha value is -4.10. The van der Waals surface area contributed by atoms with E-state index in [1.165, 1.54) is 30.3 Å². The number of ether oxygens (including phenoxy) is 2. The first kappa shape index (κ1) is 24.0. The van der Waals surface area contributed by atoms with Gasteiger partial charge in [-0.05, 0) is 59.5 Å². The van der Waals surface area contributed by atoms with Crippen LogP contribution in [0.25, 0.3) is 22.3 Å². The third kappa shape index (κ3) is 5.20. The first-order chi connectivity index (χ1) is 16.9. The van der Waals surface area contributed by atoms with Crippen molar-refractivity contribution >= 4 is 5.97 Å². The van der Waals surface area contributed by atoms with Crippen molar-refractivity contribution in [2.45, 2.75) is 13.5 Å². The molecule has 0 bridgehead atoms. The molecule has 0 saturated carbocycles. The topological polar surface area (TPSA) is 55.8 Å². The number of carbonyl (C=O) groups is 1. The molecule has 0 aliphatic rings. The van der Waals surface area contributed by atoms with Crippen molar-refractivity contribution in [3.05, 3.63) is 107 Å². The van der Waals surface area contributed by atoms with E-state index in [1.807, 2.05) is 0 Å². The Morgan fingerprint density at radius 3 is 2.09 bits per heavy atom. The smallest absolute Gasteiger partial charge is 0.346 e. The zero-order valence-corrected chi connectivity index (χ0v) is 18.7. The summed E-state index contributed by atoms with van der Waals surface area (Å²) in [5, 5.41) is 9.12. The quantitative estimate of drug-likeness (QED) is 0.242. The average Bonchev–Trinajstić information content (AvgIpc) is 2.87. The van der Waals surface area contributed by atoms with Crippen molar-refractivity contribution in [3.8, 4) is 33.8 Å². The van der Waals surface area contributed by atoms with Crippen molar-refractivity contribution in [2.75, 3.05) is 6.61 Å². The molecule has 4 aromatic carbocycles. The summed E-state index contributed by atoms with van der Waals surface area (Å²) >= 11 is 0. The lowest BCUT2D eigenvalue weighted by atomic mass is 10.0. The fourth-order valence-corrected chi connectivity index (χ4v) is 3.55. The summed E-state index contributed by atoms with van der Waals surface area (Å²) in [5.74, 6) is -3.77. The van der Waals surface area contributed by atoms with Crippen LogP contribution in [0.15, 0.2) is 78.9 Å². The van der Waals surface area contributed by atoms with Crippen LogP contribution in [0.5, 0.6) is 11.5 Å². The van der Waals surface area contributed by atoms with E-state index in [0.29, 0.717) is 28.9 Å². The van der Waals surface area contributed by atoms with E-state index in [1.54, 1.807) is 49.4 Å². The molecule has 0 fully saturated rings. The summed E-state index contributed by atoms with van der Waals surface area (Å²) in [5.41, 5.74) is 1.74. The van der Waals surface area contributed by atoms with Crippen LogP contribution in [0.2, 0.25) is 0 Å². The lowest BCUT2D eigenvalue weighted by molar-refractivity contribution is 0.0728. The molecule has 4 nitrogen and oxygen atoms in total. The molecule has 0 saturated heterocycles. The van der Waals surface area contributed by atoms with E-state index in [0.717, 1.165) is 6.07 Å². The van der Waals surface area contributed by atoms with Gasteiger partial charge in [-0.2, -0.15) is 0 Å². The molecule has 0 unspecified atom stereocenters. The summed E-state index contributed by atoms with van der Waals surface area (Å²) < 4.78 is 53.9. The minimum atomic E-state index is -1.32. The fraction of sp³-hybridized carbons (Fsp3) is 0.107. The van der Waals surface area contributed by atoms with Crippen molar-refractivity contribution in [3.63, 3.8) is 0 Å². The van der Waals surface area contributed by atoms with Gasteiger partial charge in [-0.25, -0.2) is 18.0 Å². The summed E-state index contributed by atoms with van der Waals surface area (Å²) in [6.07, 6.45) is 0. The number of rotatable bonds is 7. The largest absolute Gasteiger partial charge is 0.491 e. The molecule has 4 rings (SSSR count). The van der Waals surface area contributed by atoms with Gasteiger partial charge in [-0.15, -0.1) is 0 Å². The summed E-state index contributed by atoms with van der Waals surface area (Å²) in [6.45, 7) is 1.95. The number of hydrogen-bond donors (Lipinski definition) is 1. The molecule has 0 radical (unpaired) electrons. The van der Waals surface area contributed by atoms with Crippen LogP contribution >= 0.6 is 0 Å². The molecule has 35 heavy (non-hydrogen) atoms. The number of benzene rings is 4.